The molecule has 2 bridgehead atoms. The zero-order valence-electron chi connectivity index (χ0n) is 32.9. The summed E-state index contributed by atoms with van der Waals surface area (Å²) in [6, 6.07) is -1.03. The predicted octanol–water partition coefficient (Wildman–Crippen LogP) is 2.41. The van der Waals surface area contributed by atoms with E-state index in [2.05, 4.69) is 0 Å². The number of fused-ring (bicyclic) bond motifs is 2. The maximum absolute atomic E-state index is 14.3. The molecule has 51 heavy (non-hydrogen) atoms. The van der Waals surface area contributed by atoms with Crippen molar-refractivity contribution in [1.82, 2.24) is 4.90 Å². The van der Waals surface area contributed by atoms with Crippen LogP contribution in [0.5, 0.6) is 0 Å². The molecule has 296 valence electrons. The van der Waals surface area contributed by atoms with Gasteiger partial charge < -0.3 is 58.5 Å². The lowest BCUT2D eigenvalue weighted by Gasteiger charge is -2.48. The molecule has 4 heterocycles. The molecule has 0 spiro atoms. The summed E-state index contributed by atoms with van der Waals surface area (Å²) >= 11 is 0. The highest BCUT2D eigenvalue weighted by atomic mass is 16.7. The van der Waals surface area contributed by atoms with E-state index >= 15 is 0 Å². The summed E-state index contributed by atoms with van der Waals surface area (Å²) in [5.74, 6) is -2.05. The highest BCUT2D eigenvalue weighted by molar-refractivity contribution is 5.81. The molecule has 14 nitrogen and oxygen atoms in total. The number of likely N-dealkylation sites (N-methyl/N-ethyl adjacent to an activating group) is 1. The van der Waals surface area contributed by atoms with Crippen LogP contribution in [0.3, 0.4) is 0 Å². The van der Waals surface area contributed by atoms with Gasteiger partial charge in [-0.05, 0) is 75.4 Å². The van der Waals surface area contributed by atoms with Gasteiger partial charge >= 0.3 is 5.97 Å². The maximum Gasteiger partial charge on any atom is 0.311 e. The first kappa shape index (κ1) is 42.3. The largest absolute Gasteiger partial charge is 0.472 e. The standard InChI is InChI=1S/C37H66N2O12/c1-14-25(40)37(10,44)31-22(6)38-32-18(2)16-36(9,51-32)30(50-34-27(41)24(39(11)12)15-19(3)46-34)20(4)28(21(5)33(43)49-31)48-26-17-35(8,45-13)29(42)23(7)47-26/h18-31,34,40-42,44H,14-17H2,1-13H3/t18-,19-,20+,21-,22-,23+,24+,25-,26+,27-,28+,29+,30-,31-,34+,35-,36-,37-/m1/s1. The van der Waals surface area contributed by atoms with E-state index in [9.17, 15) is 25.2 Å². The van der Waals surface area contributed by atoms with Crippen LogP contribution in [0, 0.1) is 17.8 Å². The van der Waals surface area contributed by atoms with Gasteiger partial charge in [0, 0.05) is 37.8 Å². The van der Waals surface area contributed by atoms with Crippen LogP contribution in [0.4, 0.5) is 0 Å². The predicted molar refractivity (Wildman–Crippen MR) is 188 cm³/mol. The molecule has 0 amide bonds. The zero-order chi connectivity index (χ0) is 38.4. The topological polar surface area (TPSA) is 178 Å². The van der Waals surface area contributed by atoms with Crippen LogP contribution in [0.1, 0.15) is 94.9 Å². The lowest BCUT2D eigenvalue weighted by atomic mass is 9.79. The number of hydrogen-bond acceptors (Lipinski definition) is 14. The summed E-state index contributed by atoms with van der Waals surface area (Å²) in [6.45, 7) is 17.9. The smallest absolute Gasteiger partial charge is 0.311 e. The number of aliphatic hydroxyl groups is 4. The SMILES string of the molecule is CC[C@@H](O)[C@@](C)(O)[C@@H]1OC(=O)[C@H](C)[C@@H](O[C@H]2C[C@@](C)(OC)[C@@H](O)[C@H](C)O2)[C@H](C)[C@@H](O[C@@H]2O[C@H](C)C[C@H](N(C)C)[C@H]2O)[C@@]2(C)C[C@@H](C)C(=N[C@@H]1C)O2. The Kier molecular flexibility index (Phi) is 13.4. The average Bonchev–Trinajstić information content (AvgIpc) is 3.35. The Labute approximate surface area is 304 Å². The second-order valence-electron chi connectivity index (χ2n) is 16.5. The number of carbonyl (C=O) groups is 1. The van der Waals surface area contributed by atoms with Gasteiger partial charge in [-0.25, -0.2) is 4.99 Å². The molecule has 0 saturated carbocycles. The number of esters is 1. The third kappa shape index (κ3) is 8.60. The Bertz CT molecular complexity index is 1220. The number of hydrogen-bond donors (Lipinski definition) is 4. The number of methoxy groups -OCH3 is 1. The van der Waals surface area contributed by atoms with Crippen molar-refractivity contribution >= 4 is 11.9 Å². The number of aliphatic hydroxyl groups excluding tert-OH is 3. The summed E-state index contributed by atoms with van der Waals surface area (Å²) in [5.41, 5.74) is -3.87. The third-order valence-electron chi connectivity index (χ3n) is 11.9. The molecule has 4 aliphatic heterocycles. The average molecular weight is 731 g/mol. The minimum absolute atomic E-state index is 0.163. The van der Waals surface area contributed by atoms with Crippen LogP contribution in [0.15, 0.2) is 4.99 Å². The fourth-order valence-corrected chi connectivity index (χ4v) is 8.61. The summed E-state index contributed by atoms with van der Waals surface area (Å²) in [7, 11) is 5.34. The number of rotatable bonds is 9. The quantitative estimate of drug-likeness (QED) is 0.255. The Morgan fingerprint density at radius 3 is 2.29 bits per heavy atom. The molecule has 4 aliphatic rings. The summed E-state index contributed by atoms with van der Waals surface area (Å²) in [6.07, 6.45) is -7.39. The summed E-state index contributed by atoms with van der Waals surface area (Å²) < 4.78 is 44.6. The highest BCUT2D eigenvalue weighted by Crippen LogP contribution is 2.44. The van der Waals surface area contributed by atoms with Crippen LogP contribution in [-0.4, -0.2) is 149 Å². The molecule has 0 radical (unpaired) electrons. The van der Waals surface area contributed by atoms with Gasteiger partial charge in [0.15, 0.2) is 24.6 Å². The zero-order valence-corrected chi connectivity index (χ0v) is 32.9. The number of nitrogens with zero attached hydrogens (tertiary/aromatic N) is 2. The van der Waals surface area contributed by atoms with E-state index in [1.807, 2.05) is 46.7 Å². The molecule has 18 atom stereocenters. The van der Waals surface area contributed by atoms with Gasteiger partial charge in [0.2, 0.25) is 0 Å². The minimum Gasteiger partial charge on any atom is -0.472 e. The molecule has 3 saturated heterocycles. The van der Waals surface area contributed by atoms with Crippen molar-refractivity contribution in [3.8, 4) is 0 Å². The molecule has 4 N–H and O–H groups in total. The number of ether oxygens (including phenoxy) is 7. The van der Waals surface area contributed by atoms with E-state index in [1.165, 1.54) is 14.0 Å². The molecule has 4 rings (SSSR count). The van der Waals surface area contributed by atoms with Crippen LogP contribution in [-0.2, 0) is 38.0 Å². The monoisotopic (exact) mass is 730 g/mol. The second-order valence-corrected chi connectivity index (χ2v) is 16.5. The third-order valence-corrected chi connectivity index (χ3v) is 11.9. The van der Waals surface area contributed by atoms with Crippen molar-refractivity contribution in [2.24, 2.45) is 22.7 Å². The molecule has 0 aromatic rings. The molecule has 0 aliphatic carbocycles. The van der Waals surface area contributed by atoms with Gasteiger partial charge in [0.1, 0.15) is 29.5 Å². The van der Waals surface area contributed by atoms with E-state index in [4.69, 9.17) is 38.2 Å². The number of cyclic esters (lactones) is 1. The van der Waals surface area contributed by atoms with E-state index in [1.54, 1.807) is 34.6 Å². The minimum atomic E-state index is -1.84. The first-order chi connectivity index (χ1) is 23.6. The van der Waals surface area contributed by atoms with Gasteiger partial charge in [-0.2, -0.15) is 0 Å². The Morgan fingerprint density at radius 2 is 1.71 bits per heavy atom. The molecule has 0 aromatic heterocycles. The lowest BCUT2D eigenvalue weighted by molar-refractivity contribution is -0.315. The summed E-state index contributed by atoms with van der Waals surface area (Å²) in [5, 5.41) is 45.0. The molecular weight excluding hydrogens is 664 g/mol. The van der Waals surface area contributed by atoms with Crippen molar-refractivity contribution in [3.63, 3.8) is 0 Å². The van der Waals surface area contributed by atoms with Crippen LogP contribution in [0.2, 0.25) is 0 Å². The molecule has 14 heteroatoms. The van der Waals surface area contributed by atoms with Gasteiger partial charge in [0.05, 0.1) is 42.0 Å². The highest BCUT2D eigenvalue weighted by Gasteiger charge is 2.56. The van der Waals surface area contributed by atoms with Gasteiger partial charge in [-0.1, -0.05) is 20.8 Å². The fourth-order valence-electron chi connectivity index (χ4n) is 8.61. The van der Waals surface area contributed by atoms with E-state index < -0.39 is 96.0 Å². The van der Waals surface area contributed by atoms with Gasteiger partial charge in [0.25, 0.3) is 0 Å². The van der Waals surface area contributed by atoms with Crippen molar-refractivity contribution in [3.05, 3.63) is 0 Å². The van der Waals surface area contributed by atoms with Crippen molar-refractivity contribution in [2.45, 2.75) is 185 Å². The van der Waals surface area contributed by atoms with E-state index in [0.29, 0.717) is 18.7 Å². The molecular formula is C37H66N2O12. The van der Waals surface area contributed by atoms with Crippen molar-refractivity contribution < 1.29 is 58.4 Å². The van der Waals surface area contributed by atoms with E-state index in [0.717, 1.165) is 0 Å². The molecule has 0 aromatic carbocycles. The summed E-state index contributed by atoms with van der Waals surface area (Å²) in [4.78, 5) is 21.1. The van der Waals surface area contributed by atoms with Crippen molar-refractivity contribution in [2.75, 3.05) is 21.2 Å². The second kappa shape index (κ2) is 16.1. The van der Waals surface area contributed by atoms with E-state index in [-0.39, 0.29) is 30.9 Å². The number of aliphatic imine (C=N–C) groups is 1. The fraction of sp³-hybridized carbons (Fsp3) is 0.946. The maximum atomic E-state index is 14.3. The first-order valence-corrected chi connectivity index (χ1v) is 18.7. The Hall–Kier alpha value is -1.46. The van der Waals surface area contributed by atoms with Gasteiger partial charge in [-0.15, -0.1) is 0 Å². The lowest BCUT2D eigenvalue weighted by Crippen LogP contribution is -2.60. The molecule has 3 fully saturated rings. The first-order valence-electron chi connectivity index (χ1n) is 18.7. The van der Waals surface area contributed by atoms with Crippen molar-refractivity contribution in [1.29, 1.82) is 0 Å². The Morgan fingerprint density at radius 1 is 1.06 bits per heavy atom. The Balaban J connectivity index is 1.84. The van der Waals surface area contributed by atoms with Crippen LogP contribution < -0.4 is 0 Å². The number of carbonyl (C=O) groups excluding carboxylic acids is 1. The molecule has 0 unspecified atom stereocenters. The normalized spacial score (nSPS) is 47.3. The van der Waals surface area contributed by atoms with Crippen LogP contribution in [0.25, 0.3) is 0 Å². The van der Waals surface area contributed by atoms with Crippen LogP contribution >= 0.6 is 0 Å². The van der Waals surface area contributed by atoms with Gasteiger partial charge in [-0.3, -0.25) is 4.79 Å².